The number of benzene rings is 1. The number of rotatable bonds is 10. The smallest absolute Gasteiger partial charge is 0.303 e. The third-order valence-corrected chi connectivity index (χ3v) is 5.48. The Morgan fingerprint density at radius 2 is 2.17 bits per heavy atom. The Kier molecular flexibility index (Phi) is 8.63. The number of aliphatic carboxylic acids is 1. The molecule has 0 bridgehead atoms. The van der Waals surface area contributed by atoms with Crippen LogP contribution in [-0.4, -0.2) is 46.9 Å². The summed E-state index contributed by atoms with van der Waals surface area (Å²) in [5, 5.41) is 14.4. The molecule has 0 radical (unpaired) electrons. The molecule has 9 nitrogen and oxygen atoms in total. The molecule has 1 atom stereocenters. The van der Waals surface area contributed by atoms with Crippen LogP contribution in [0.2, 0.25) is 0 Å². The van der Waals surface area contributed by atoms with Crippen LogP contribution in [0, 0.1) is 0 Å². The van der Waals surface area contributed by atoms with Crippen LogP contribution in [0.4, 0.5) is 5.69 Å². The number of allylic oxidation sites excluding steroid dienone is 2. The summed E-state index contributed by atoms with van der Waals surface area (Å²) in [5.74, 6) is 3.53. The topological polar surface area (TPSA) is 146 Å². The summed E-state index contributed by atoms with van der Waals surface area (Å²) in [6, 6.07) is 6.59. The molecule has 1 unspecified atom stereocenters. The molecule has 30 heavy (non-hydrogen) atoms. The number of nitrogens with one attached hydrogen (secondary N) is 3. The maximum Gasteiger partial charge on any atom is 0.303 e. The molecule has 0 aliphatic heterocycles. The van der Waals surface area contributed by atoms with Crippen molar-refractivity contribution < 1.29 is 19.5 Å². The summed E-state index contributed by atoms with van der Waals surface area (Å²) in [4.78, 5) is 39.0. The molecule has 1 aromatic rings. The van der Waals surface area contributed by atoms with Gasteiger partial charge in [-0.1, -0.05) is 23.8 Å². The van der Waals surface area contributed by atoms with Crippen LogP contribution < -0.4 is 21.9 Å². The number of nitrogens with two attached hydrogens (primary N) is 1. The zero-order valence-electron chi connectivity index (χ0n) is 16.6. The van der Waals surface area contributed by atoms with Gasteiger partial charge in [-0.25, -0.2) is 10.8 Å². The molecule has 0 saturated heterocycles. The monoisotopic (exact) mass is 431 g/mol. The van der Waals surface area contributed by atoms with Gasteiger partial charge in [0, 0.05) is 18.4 Å². The van der Waals surface area contributed by atoms with Crippen LogP contribution in [0.15, 0.2) is 53.1 Å². The van der Waals surface area contributed by atoms with Crippen LogP contribution in [0.1, 0.15) is 29.6 Å². The van der Waals surface area contributed by atoms with Gasteiger partial charge in [-0.05, 0) is 37.0 Å². The number of carbonyl (C=O) groups excluding carboxylic acids is 2. The molecular weight excluding hydrogens is 406 g/mol. The highest BCUT2D eigenvalue weighted by molar-refractivity contribution is 8.00. The van der Waals surface area contributed by atoms with Crippen LogP contribution in [0.25, 0.3) is 0 Å². The van der Waals surface area contributed by atoms with E-state index >= 15 is 0 Å². The van der Waals surface area contributed by atoms with Crippen LogP contribution in [-0.2, 0) is 9.59 Å². The second-order valence-corrected chi connectivity index (χ2v) is 7.69. The van der Waals surface area contributed by atoms with Gasteiger partial charge in [0.1, 0.15) is 11.2 Å². The lowest BCUT2D eigenvalue weighted by molar-refractivity contribution is -0.137. The molecule has 0 heterocycles. The third-order valence-electron chi connectivity index (χ3n) is 4.37. The zero-order chi connectivity index (χ0) is 22.0. The molecule has 1 aliphatic rings. The number of carbonyl (C=O) groups is 3. The number of thioether (sulfide) groups is 1. The predicted molar refractivity (Wildman–Crippen MR) is 117 cm³/mol. The molecule has 0 spiro atoms. The summed E-state index contributed by atoms with van der Waals surface area (Å²) in [7, 11) is 0. The van der Waals surface area contributed by atoms with E-state index in [4.69, 9.17) is 10.9 Å². The lowest BCUT2D eigenvalue weighted by Gasteiger charge is -2.33. The summed E-state index contributed by atoms with van der Waals surface area (Å²) >= 11 is 1.45. The van der Waals surface area contributed by atoms with Crippen molar-refractivity contribution in [3.8, 4) is 0 Å². The van der Waals surface area contributed by atoms with E-state index in [2.05, 4.69) is 21.1 Å². The molecular formula is C20H25N5O4S. The maximum atomic E-state index is 12.5. The minimum Gasteiger partial charge on any atom is -0.481 e. The zero-order valence-corrected chi connectivity index (χ0v) is 17.4. The molecule has 2 amide bonds. The molecule has 10 heteroatoms. The Morgan fingerprint density at radius 3 is 2.87 bits per heavy atom. The van der Waals surface area contributed by atoms with Crippen LogP contribution >= 0.6 is 11.8 Å². The molecule has 0 saturated carbocycles. The quantitative estimate of drug-likeness (QED) is 0.124. The third kappa shape index (κ3) is 7.05. The van der Waals surface area contributed by atoms with Crippen molar-refractivity contribution in [2.45, 2.75) is 24.1 Å². The first kappa shape index (κ1) is 23.2. The van der Waals surface area contributed by atoms with Gasteiger partial charge in [-0.15, -0.1) is 11.8 Å². The van der Waals surface area contributed by atoms with Gasteiger partial charge in [0.05, 0.1) is 12.2 Å². The van der Waals surface area contributed by atoms with Gasteiger partial charge >= 0.3 is 5.97 Å². The van der Waals surface area contributed by atoms with Crippen molar-refractivity contribution in [2.75, 3.05) is 12.8 Å². The first-order valence-corrected chi connectivity index (χ1v) is 10.4. The number of nitrogens with zero attached hydrogens (tertiary/aromatic N) is 1. The minimum absolute atomic E-state index is 0.0403. The number of aliphatic imine (C=N–C) groups is 1. The Hall–Kier alpha value is -3.11. The number of hydrogen-bond donors (Lipinski definition) is 5. The molecule has 0 fully saturated rings. The summed E-state index contributed by atoms with van der Waals surface area (Å²) in [6.45, 7) is -0.193. The largest absolute Gasteiger partial charge is 0.481 e. The fraction of sp³-hybridized carbons (Fsp3) is 0.300. The summed E-state index contributed by atoms with van der Waals surface area (Å²) in [5.41, 5.74) is 4.14. The van der Waals surface area contributed by atoms with E-state index in [0.717, 1.165) is 5.57 Å². The van der Waals surface area contributed by atoms with Crippen molar-refractivity contribution in [1.29, 1.82) is 0 Å². The molecule has 160 valence electrons. The lowest BCUT2D eigenvalue weighted by Crippen LogP contribution is -2.49. The van der Waals surface area contributed by atoms with E-state index in [0.29, 0.717) is 24.1 Å². The van der Waals surface area contributed by atoms with Gasteiger partial charge in [0.15, 0.2) is 0 Å². The second kappa shape index (κ2) is 11.2. The van der Waals surface area contributed by atoms with E-state index in [1.807, 2.05) is 24.5 Å². The van der Waals surface area contributed by atoms with Crippen molar-refractivity contribution in [1.82, 2.24) is 16.1 Å². The highest BCUT2D eigenvalue weighted by Crippen LogP contribution is 2.33. The van der Waals surface area contributed by atoms with E-state index in [1.54, 1.807) is 24.3 Å². The number of hydrazine groups is 1. The maximum absolute atomic E-state index is 12.5. The van der Waals surface area contributed by atoms with E-state index in [9.17, 15) is 14.4 Å². The van der Waals surface area contributed by atoms with Crippen molar-refractivity contribution in [2.24, 2.45) is 10.8 Å². The second-order valence-electron chi connectivity index (χ2n) is 6.55. The molecule has 0 aromatic heterocycles. The average molecular weight is 432 g/mol. The summed E-state index contributed by atoms with van der Waals surface area (Å²) in [6.07, 6.45) is 9.70. The molecule has 1 aromatic carbocycles. The number of hydrogen-bond acceptors (Lipinski definition) is 6. The number of amides is 2. The molecule has 6 N–H and O–H groups in total. The highest BCUT2D eigenvalue weighted by Gasteiger charge is 2.31. The van der Waals surface area contributed by atoms with E-state index < -0.39 is 16.7 Å². The van der Waals surface area contributed by atoms with Gasteiger partial charge in [0.2, 0.25) is 5.91 Å². The fourth-order valence-corrected chi connectivity index (χ4v) is 3.65. The van der Waals surface area contributed by atoms with Gasteiger partial charge in [-0.2, -0.15) is 0 Å². The summed E-state index contributed by atoms with van der Waals surface area (Å²) < 4.78 is 0. The Bertz CT molecular complexity index is 884. The van der Waals surface area contributed by atoms with Gasteiger partial charge in [0.25, 0.3) is 5.91 Å². The Balaban J connectivity index is 1.92. The van der Waals surface area contributed by atoms with Crippen molar-refractivity contribution >= 4 is 41.6 Å². The van der Waals surface area contributed by atoms with Crippen LogP contribution in [0.5, 0.6) is 0 Å². The first-order chi connectivity index (χ1) is 14.4. The highest BCUT2D eigenvalue weighted by atomic mass is 32.2. The SMILES string of the molecule is CSC1(NC(=O)CNC(=O)c2cccc(N=CNN)c2)C=CC=C(CCC(=O)O)C1. The normalized spacial score (nSPS) is 18.0. The van der Waals surface area contributed by atoms with Crippen LogP contribution in [0.3, 0.4) is 0 Å². The molecule has 1 aliphatic carbocycles. The van der Waals surface area contributed by atoms with Crippen molar-refractivity contribution in [3.63, 3.8) is 0 Å². The average Bonchev–Trinajstić information content (AvgIpc) is 2.75. The van der Waals surface area contributed by atoms with E-state index in [-0.39, 0.29) is 18.9 Å². The van der Waals surface area contributed by atoms with Crippen molar-refractivity contribution in [3.05, 3.63) is 53.6 Å². The number of carboxylic acids is 1. The minimum atomic E-state index is -0.860. The van der Waals surface area contributed by atoms with Gasteiger partial charge in [-0.3, -0.25) is 14.4 Å². The number of carboxylic acid groups (broad SMARTS) is 1. The predicted octanol–water partition coefficient (Wildman–Crippen LogP) is 1.47. The lowest BCUT2D eigenvalue weighted by atomic mass is 9.96. The van der Waals surface area contributed by atoms with Gasteiger partial charge < -0.3 is 21.2 Å². The fourth-order valence-electron chi connectivity index (χ4n) is 2.89. The molecule has 2 rings (SSSR count). The Labute approximate surface area is 178 Å². The Morgan fingerprint density at radius 1 is 1.37 bits per heavy atom. The van der Waals surface area contributed by atoms with E-state index in [1.165, 1.54) is 18.1 Å². The standard InChI is InChI=1S/C20H25N5O4S/c1-30-20(9-3-4-14(11-20)7-8-18(27)28)25-17(26)12-22-19(29)15-5-2-6-16(10-15)23-13-24-21/h2-6,9-10,13H,7-8,11-12,21H2,1H3,(H,22,29)(H,23,24)(H,25,26)(H,27,28). The first-order valence-electron chi connectivity index (χ1n) is 9.19.